The molecule has 22 heavy (non-hydrogen) atoms. The minimum absolute atomic E-state index is 0.0791. The third-order valence-electron chi connectivity index (χ3n) is 3.52. The molecule has 0 spiro atoms. The average molecular weight is 297 g/mol. The zero-order chi connectivity index (χ0) is 15.9. The van der Waals surface area contributed by atoms with E-state index in [4.69, 9.17) is 4.74 Å². The molecule has 2 aromatic rings. The lowest BCUT2D eigenvalue weighted by Gasteiger charge is -2.17. The lowest BCUT2D eigenvalue weighted by atomic mass is 10.1. The first-order valence-electron chi connectivity index (χ1n) is 7.65. The van der Waals surface area contributed by atoms with Gasteiger partial charge < -0.3 is 10.1 Å². The summed E-state index contributed by atoms with van der Waals surface area (Å²) in [4.78, 5) is 12.3. The minimum Gasteiger partial charge on any atom is -0.481 e. The molecule has 0 saturated carbocycles. The molecule has 0 fully saturated rings. The molecule has 0 saturated heterocycles. The number of nitrogens with one attached hydrogen (secondary N) is 1. The molecule has 1 atom stereocenters. The van der Waals surface area contributed by atoms with Gasteiger partial charge >= 0.3 is 0 Å². The molecule has 3 nitrogen and oxygen atoms in total. The van der Waals surface area contributed by atoms with E-state index in [0.717, 1.165) is 16.9 Å². The first-order chi connectivity index (χ1) is 10.6. The van der Waals surface area contributed by atoms with Crippen molar-refractivity contribution in [1.29, 1.82) is 0 Å². The molecule has 0 aromatic heterocycles. The van der Waals surface area contributed by atoms with Gasteiger partial charge in [-0.1, -0.05) is 48.9 Å². The first kappa shape index (κ1) is 16.1. The number of amides is 1. The fourth-order valence-electron chi connectivity index (χ4n) is 2.18. The van der Waals surface area contributed by atoms with E-state index in [0.29, 0.717) is 13.0 Å². The molecule has 2 aromatic carbocycles. The molecule has 1 amide bonds. The maximum Gasteiger partial charge on any atom is 0.261 e. The molecule has 0 aliphatic carbocycles. The van der Waals surface area contributed by atoms with Crippen molar-refractivity contribution in [2.45, 2.75) is 39.8 Å². The summed E-state index contributed by atoms with van der Waals surface area (Å²) >= 11 is 0. The van der Waals surface area contributed by atoms with Crippen molar-refractivity contribution < 1.29 is 9.53 Å². The molecule has 0 unspecified atom stereocenters. The van der Waals surface area contributed by atoms with E-state index >= 15 is 0 Å². The summed E-state index contributed by atoms with van der Waals surface area (Å²) in [6.07, 6.45) is 0.167. The lowest BCUT2D eigenvalue weighted by molar-refractivity contribution is -0.128. The second kappa shape index (κ2) is 7.64. The lowest BCUT2D eigenvalue weighted by Crippen LogP contribution is -2.37. The highest BCUT2D eigenvalue weighted by Gasteiger charge is 2.17. The van der Waals surface area contributed by atoms with Gasteiger partial charge in [0.25, 0.3) is 5.91 Å². The quantitative estimate of drug-likeness (QED) is 0.881. The van der Waals surface area contributed by atoms with Crippen LogP contribution in [0.5, 0.6) is 5.75 Å². The van der Waals surface area contributed by atoms with Crippen LogP contribution in [-0.4, -0.2) is 12.0 Å². The van der Waals surface area contributed by atoms with Crippen molar-refractivity contribution in [3.63, 3.8) is 0 Å². The van der Waals surface area contributed by atoms with Gasteiger partial charge in [-0.15, -0.1) is 0 Å². The molecule has 3 heteroatoms. The molecule has 116 valence electrons. The first-order valence-corrected chi connectivity index (χ1v) is 7.65. The Kier molecular flexibility index (Phi) is 5.59. The van der Waals surface area contributed by atoms with Crippen LogP contribution in [0.4, 0.5) is 0 Å². The second-order valence-electron chi connectivity index (χ2n) is 5.53. The Labute approximate surface area is 132 Å². The van der Waals surface area contributed by atoms with Crippen LogP contribution in [0.15, 0.2) is 48.5 Å². The smallest absolute Gasteiger partial charge is 0.261 e. The van der Waals surface area contributed by atoms with Crippen LogP contribution in [0.1, 0.15) is 30.0 Å². The third-order valence-corrected chi connectivity index (χ3v) is 3.52. The number of carbonyl (C=O) groups is 1. The highest BCUT2D eigenvalue weighted by molar-refractivity contribution is 5.81. The predicted molar refractivity (Wildman–Crippen MR) is 88.9 cm³/mol. The van der Waals surface area contributed by atoms with Crippen molar-refractivity contribution in [3.8, 4) is 5.75 Å². The monoisotopic (exact) mass is 297 g/mol. The number of rotatable bonds is 6. The van der Waals surface area contributed by atoms with Gasteiger partial charge in [-0.05, 0) is 43.5 Å². The summed E-state index contributed by atoms with van der Waals surface area (Å²) < 4.78 is 5.80. The number of hydrogen-bond donors (Lipinski definition) is 1. The number of ether oxygens (including phenoxy) is 1. The van der Waals surface area contributed by atoms with E-state index in [-0.39, 0.29) is 5.91 Å². The summed E-state index contributed by atoms with van der Waals surface area (Å²) in [5, 5.41) is 2.94. The molecular formula is C19H23NO2. The number of carbonyl (C=O) groups excluding carboxylic acids is 1. The van der Waals surface area contributed by atoms with Gasteiger partial charge in [0, 0.05) is 6.54 Å². The molecule has 0 radical (unpaired) electrons. The maximum atomic E-state index is 12.3. The van der Waals surface area contributed by atoms with Crippen LogP contribution in [0.3, 0.4) is 0 Å². The predicted octanol–water partition coefficient (Wildman–Crippen LogP) is 3.78. The van der Waals surface area contributed by atoms with E-state index in [1.165, 1.54) is 5.56 Å². The molecule has 0 heterocycles. The van der Waals surface area contributed by atoms with Gasteiger partial charge in [0.1, 0.15) is 5.75 Å². The Morgan fingerprint density at radius 3 is 2.45 bits per heavy atom. The van der Waals surface area contributed by atoms with Crippen molar-refractivity contribution >= 4 is 5.91 Å². The second-order valence-corrected chi connectivity index (χ2v) is 5.53. The van der Waals surface area contributed by atoms with E-state index in [1.807, 2.05) is 69.3 Å². The van der Waals surface area contributed by atoms with Gasteiger partial charge in [0.15, 0.2) is 6.10 Å². The topological polar surface area (TPSA) is 38.3 Å². The summed E-state index contributed by atoms with van der Waals surface area (Å²) in [6, 6.07) is 15.9. The normalized spacial score (nSPS) is 11.8. The van der Waals surface area contributed by atoms with Crippen molar-refractivity contribution in [3.05, 3.63) is 65.2 Å². The van der Waals surface area contributed by atoms with Crippen molar-refractivity contribution in [1.82, 2.24) is 5.32 Å². The van der Waals surface area contributed by atoms with Crippen LogP contribution in [-0.2, 0) is 11.3 Å². The Morgan fingerprint density at radius 1 is 1.09 bits per heavy atom. The Balaban J connectivity index is 1.92. The summed E-state index contributed by atoms with van der Waals surface area (Å²) in [6.45, 7) is 6.52. The summed E-state index contributed by atoms with van der Waals surface area (Å²) in [7, 11) is 0. The van der Waals surface area contributed by atoms with Crippen LogP contribution in [0, 0.1) is 13.8 Å². The van der Waals surface area contributed by atoms with Gasteiger partial charge in [-0.25, -0.2) is 0 Å². The number of aryl methyl sites for hydroxylation is 2. The third kappa shape index (κ3) is 4.62. The van der Waals surface area contributed by atoms with E-state index in [2.05, 4.69) is 5.32 Å². The molecular weight excluding hydrogens is 274 g/mol. The van der Waals surface area contributed by atoms with Crippen LogP contribution in [0.25, 0.3) is 0 Å². The molecule has 1 N–H and O–H groups in total. The zero-order valence-corrected chi connectivity index (χ0v) is 13.4. The van der Waals surface area contributed by atoms with E-state index in [1.54, 1.807) is 0 Å². The van der Waals surface area contributed by atoms with Crippen LogP contribution >= 0.6 is 0 Å². The van der Waals surface area contributed by atoms with Gasteiger partial charge in [-0.2, -0.15) is 0 Å². The Morgan fingerprint density at radius 2 is 1.82 bits per heavy atom. The highest BCUT2D eigenvalue weighted by Crippen LogP contribution is 2.15. The van der Waals surface area contributed by atoms with Crippen molar-refractivity contribution in [2.75, 3.05) is 0 Å². The number of benzene rings is 2. The molecule has 0 aliphatic heterocycles. The van der Waals surface area contributed by atoms with Crippen LogP contribution < -0.4 is 10.1 Å². The van der Waals surface area contributed by atoms with E-state index < -0.39 is 6.10 Å². The number of hydrogen-bond acceptors (Lipinski definition) is 2. The SMILES string of the molecule is CC[C@H](Oc1cccc(C)c1)C(=O)NCc1ccc(C)cc1. The van der Waals surface area contributed by atoms with Crippen molar-refractivity contribution in [2.24, 2.45) is 0 Å². The van der Waals surface area contributed by atoms with Gasteiger partial charge in [-0.3, -0.25) is 4.79 Å². The highest BCUT2D eigenvalue weighted by atomic mass is 16.5. The fourth-order valence-corrected chi connectivity index (χ4v) is 2.18. The maximum absolute atomic E-state index is 12.3. The molecule has 2 rings (SSSR count). The van der Waals surface area contributed by atoms with Gasteiger partial charge in [0.05, 0.1) is 0 Å². The largest absolute Gasteiger partial charge is 0.481 e. The standard InChI is InChI=1S/C19H23NO2/c1-4-18(22-17-7-5-6-15(3)12-17)19(21)20-13-16-10-8-14(2)9-11-16/h5-12,18H,4,13H2,1-3H3,(H,20,21)/t18-/m0/s1. The molecule has 0 aliphatic rings. The average Bonchev–Trinajstić information content (AvgIpc) is 2.52. The van der Waals surface area contributed by atoms with Crippen LogP contribution in [0.2, 0.25) is 0 Å². The zero-order valence-electron chi connectivity index (χ0n) is 13.4. The molecule has 0 bridgehead atoms. The van der Waals surface area contributed by atoms with E-state index in [9.17, 15) is 4.79 Å². The van der Waals surface area contributed by atoms with Gasteiger partial charge in [0.2, 0.25) is 0 Å². The summed E-state index contributed by atoms with van der Waals surface area (Å²) in [5.41, 5.74) is 3.42. The summed E-state index contributed by atoms with van der Waals surface area (Å²) in [5.74, 6) is 0.655. The fraction of sp³-hybridized carbons (Fsp3) is 0.316. The Bertz CT molecular complexity index is 620. The minimum atomic E-state index is -0.466. The Hall–Kier alpha value is -2.29.